The fraction of sp³-hybridized carbons (Fsp3) is 0.350. The molecule has 1 aliphatic rings. The Labute approximate surface area is 137 Å². The predicted octanol–water partition coefficient (Wildman–Crippen LogP) is 2.83. The van der Waals surface area contributed by atoms with Gasteiger partial charge in [0, 0.05) is 19.4 Å². The summed E-state index contributed by atoms with van der Waals surface area (Å²) in [5.41, 5.74) is 2.52. The molecule has 3 nitrogen and oxygen atoms in total. The molecular weight excluding hydrogens is 286 g/mol. The summed E-state index contributed by atoms with van der Waals surface area (Å²) in [5, 5.41) is 13.7. The minimum Gasteiger partial charge on any atom is -0.387 e. The van der Waals surface area contributed by atoms with Crippen molar-refractivity contribution >= 4 is 5.91 Å². The van der Waals surface area contributed by atoms with Gasteiger partial charge in [-0.05, 0) is 23.1 Å². The van der Waals surface area contributed by atoms with Gasteiger partial charge in [-0.2, -0.15) is 0 Å². The number of nitrogens with one attached hydrogen (secondary N) is 1. The summed E-state index contributed by atoms with van der Waals surface area (Å²) in [5.74, 6) is -0.174. The Kier molecular flexibility index (Phi) is 4.49. The monoisotopic (exact) mass is 309 g/mol. The molecule has 2 aromatic carbocycles. The fourth-order valence-electron chi connectivity index (χ4n) is 3.43. The van der Waals surface area contributed by atoms with Crippen molar-refractivity contribution in [1.29, 1.82) is 0 Å². The fourth-order valence-corrected chi connectivity index (χ4v) is 3.43. The highest BCUT2D eigenvalue weighted by Crippen LogP contribution is 2.29. The normalized spacial score (nSPS) is 16.6. The summed E-state index contributed by atoms with van der Waals surface area (Å²) < 4.78 is 0. The molecule has 3 rings (SSSR count). The number of carbonyl (C=O) groups excluding carboxylic acids is 1. The van der Waals surface area contributed by atoms with Gasteiger partial charge in [-0.15, -0.1) is 0 Å². The predicted molar refractivity (Wildman–Crippen MR) is 91.3 cm³/mol. The van der Waals surface area contributed by atoms with E-state index in [1.807, 2.05) is 61.5 Å². The second-order valence-corrected chi connectivity index (χ2v) is 6.44. The Morgan fingerprint density at radius 2 is 1.65 bits per heavy atom. The van der Waals surface area contributed by atoms with Gasteiger partial charge in [0.25, 0.3) is 0 Å². The molecule has 0 heterocycles. The van der Waals surface area contributed by atoms with Crippen molar-refractivity contribution in [3.63, 3.8) is 0 Å². The second kappa shape index (κ2) is 6.55. The van der Waals surface area contributed by atoms with E-state index in [-0.39, 0.29) is 11.8 Å². The first-order valence-corrected chi connectivity index (χ1v) is 8.23. The number of fused-ring (bicyclic) bond motifs is 1. The molecule has 2 N–H and O–H groups in total. The Morgan fingerprint density at radius 1 is 1.09 bits per heavy atom. The number of benzene rings is 2. The van der Waals surface area contributed by atoms with Gasteiger partial charge in [-0.1, -0.05) is 61.5 Å². The lowest BCUT2D eigenvalue weighted by Crippen LogP contribution is -2.45. The molecule has 0 aromatic heterocycles. The summed E-state index contributed by atoms with van der Waals surface area (Å²) in [6, 6.07) is 17.9. The van der Waals surface area contributed by atoms with E-state index >= 15 is 0 Å². The number of amides is 1. The van der Waals surface area contributed by atoms with Crippen LogP contribution in [0.3, 0.4) is 0 Å². The highest BCUT2D eigenvalue weighted by atomic mass is 16.3. The van der Waals surface area contributed by atoms with Gasteiger partial charge < -0.3 is 10.4 Å². The van der Waals surface area contributed by atoms with Crippen LogP contribution in [0.4, 0.5) is 0 Å². The number of hydrogen-bond donors (Lipinski definition) is 2. The molecule has 1 amide bonds. The lowest BCUT2D eigenvalue weighted by atomic mass is 9.94. The molecule has 0 aliphatic heterocycles. The summed E-state index contributed by atoms with van der Waals surface area (Å²) in [4.78, 5) is 12.5. The average molecular weight is 309 g/mol. The average Bonchev–Trinajstić information content (AvgIpc) is 2.91. The first-order valence-electron chi connectivity index (χ1n) is 8.23. The lowest BCUT2D eigenvalue weighted by molar-refractivity contribution is -0.123. The van der Waals surface area contributed by atoms with Crippen LogP contribution in [0.5, 0.6) is 0 Å². The number of hydrogen-bond acceptors (Lipinski definition) is 2. The van der Waals surface area contributed by atoms with Crippen molar-refractivity contribution in [2.45, 2.75) is 37.7 Å². The second-order valence-electron chi connectivity index (χ2n) is 6.44. The van der Waals surface area contributed by atoms with Crippen LogP contribution < -0.4 is 5.32 Å². The van der Waals surface area contributed by atoms with Crippen molar-refractivity contribution in [2.75, 3.05) is 6.54 Å². The third kappa shape index (κ3) is 3.45. The molecule has 0 fully saturated rings. The lowest BCUT2D eigenvalue weighted by Gasteiger charge is -2.24. The van der Waals surface area contributed by atoms with Gasteiger partial charge in [-0.3, -0.25) is 4.79 Å². The first-order chi connectivity index (χ1) is 11.1. The van der Waals surface area contributed by atoms with Crippen LogP contribution >= 0.6 is 0 Å². The molecule has 1 atom stereocenters. The van der Waals surface area contributed by atoms with E-state index in [0.717, 1.165) is 12.0 Å². The number of rotatable bonds is 5. The van der Waals surface area contributed by atoms with E-state index in [2.05, 4.69) is 5.32 Å². The zero-order chi connectivity index (χ0) is 16.3. The van der Waals surface area contributed by atoms with Crippen molar-refractivity contribution in [3.05, 3.63) is 71.3 Å². The van der Waals surface area contributed by atoms with E-state index in [1.54, 1.807) is 0 Å². The van der Waals surface area contributed by atoms with Crippen molar-refractivity contribution < 1.29 is 9.90 Å². The molecule has 120 valence electrons. The standard InChI is InChI=1S/C20H23NO2/c1-2-18(15-8-4-3-5-9-15)19(22)21-14-20(23)12-16-10-6-7-11-17(16)13-20/h3-11,18,23H,2,12-14H2,1H3,(H,21,22)/t18-/m0/s1. The smallest absolute Gasteiger partial charge is 0.227 e. The number of aliphatic hydroxyl groups is 1. The largest absolute Gasteiger partial charge is 0.387 e. The third-order valence-electron chi connectivity index (χ3n) is 4.68. The molecule has 1 aliphatic carbocycles. The van der Waals surface area contributed by atoms with Crippen molar-refractivity contribution in [3.8, 4) is 0 Å². The summed E-state index contributed by atoms with van der Waals surface area (Å²) in [6.45, 7) is 2.31. The SMILES string of the molecule is CC[C@H](C(=O)NCC1(O)Cc2ccccc2C1)c1ccccc1. The van der Waals surface area contributed by atoms with Crippen LogP contribution in [-0.2, 0) is 17.6 Å². The minimum atomic E-state index is -0.867. The van der Waals surface area contributed by atoms with Gasteiger partial charge in [-0.25, -0.2) is 0 Å². The molecule has 0 radical (unpaired) electrons. The molecule has 0 saturated heterocycles. The van der Waals surface area contributed by atoms with E-state index in [4.69, 9.17) is 0 Å². The molecule has 0 unspecified atom stereocenters. The van der Waals surface area contributed by atoms with Crippen LogP contribution in [-0.4, -0.2) is 23.2 Å². The maximum absolute atomic E-state index is 12.5. The molecule has 0 saturated carbocycles. The van der Waals surface area contributed by atoms with Crippen molar-refractivity contribution in [2.24, 2.45) is 0 Å². The summed E-state index contributed by atoms with van der Waals surface area (Å²) in [6.07, 6.45) is 1.95. The van der Waals surface area contributed by atoms with E-state index in [1.165, 1.54) is 11.1 Å². The molecule has 2 aromatic rings. The molecule has 0 bridgehead atoms. The minimum absolute atomic E-state index is 0.0110. The van der Waals surface area contributed by atoms with Crippen LogP contribution in [0.2, 0.25) is 0 Å². The van der Waals surface area contributed by atoms with Gasteiger partial charge in [0.1, 0.15) is 0 Å². The van der Waals surface area contributed by atoms with Crippen LogP contribution in [0, 0.1) is 0 Å². The van der Waals surface area contributed by atoms with E-state index in [0.29, 0.717) is 19.4 Å². The van der Waals surface area contributed by atoms with Crippen LogP contribution in [0.15, 0.2) is 54.6 Å². The Morgan fingerprint density at radius 3 is 2.22 bits per heavy atom. The highest BCUT2D eigenvalue weighted by Gasteiger charge is 2.35. The summed E-state index contributed by atoms with van der Waals surface area (Å²) in [7, 11) is 0. The van der Waals surface area contributed by atoms with E-state index in [9.17, 15) is 9.90 Å². The Balaban J connectivity index is 1.63. The van der Waals surface area contributed by atoms with Crippen molar-refractivity contribution in [1.82, 2.24) is 5.32 Å². The molecular formula is C20H23NO2. The zero-order valence-corrected chi connectivity index (χ0v) is 13.5. The quantitative estimate of drug-likeness (QED) is 0.892. The maximum atomic E-state index is 12.5. The van der Waals surface area contributed by atoms with E-state index < -0.39 is 5.60 Å². The van der Waals surface area contributed by atoms with Gasteiger partial charge in [0.15, 0.2) is 0 Å². The number of carbonyl (C=O) groups is 1. The summed E-state index contributed by atoms with van der Waals surface area (Å²) >= 11 is 0. The molecule has 23 heavy (non-hydrogen) atoms. The Hall–Kier alpha value is -2.13. The van der Waals surface area contributed by atoms with Crippen LogP contribution in [0.25, 0.3) is 0 Å². The molecule has 3 heteroatoms. The van der Waals surface area contributed by atoms with Gasteiger partial charge in [0.2, 0.25) is 5.91 Å². The Bertz CT molecular complexity index is 656. The molecule has 0 spiro atoms. The third-order valence-corrected chi connectivity index (χ3v) is 4.68. The van der Waals surface area contributed by atoms with Gasteiger partial charge >= 0.3 is 0 Å². The first kappa shape index (κ1) is 15.8. The maximum Gasteiger partial charge on any atom is 0.227 e. The highest BCUT2D eigenvalue weighted by molar-refractivity contribution is 5.83. The zero-order valence-electron chi connectivity index (χ0n) is 13.5. The van der Waals surface area contributed by atoms with Crippen LogP contribution in [0.1, 0.15) is 36.0 Å². The van der Waals surface area contributed by atoms with Gasteiger partial charge in [0.05, 0.1) is 11.5 Å². The topological polar surface area (TPSA) is 49.3 Å².